The largest absolute Gasteiger partial charge is 0.493 e. The van der Waals surface area contributed by atoms with Crippen LogP contribution in [0.2, 0.25) is 0 Å². The highest BCUT2D eigenvalue weighted by Crippen LogP contribution is 2.16. The van der Waals surface area contributed by atoms with Gasteiger partial charge in [0.2, 0.25) is 0 Å². The zero-order valence-electron chi connectivity index (χ0n) is 11.2. The van der Waals surface area contributed by atoms with E-state index in [1.807, 2.05) is 18.2 Å². The number of nitrogens with two attached hydrogens (primary N) is 1. The van der Waals surface area contributed by atoms with Gasteiger partial charge >= 0.3 is 0 Å². The monoisotopic (exact) mass is 255 g/mol. The molecule has 1 aromatic carbocycles. The van der Waals surface area contributed by atoms with Crippen molar-refractivity contribution in [2.45, 2.75) is 25.9 Å². The molecule has 2 heteroatoms. The lowest BCUT2D eigenvalue weighted by Crippen LogP contribution is -2.00. The second-order valence-electron chi connectivity index (χ2n) is 4.60. The van der Waals surface area contributed by atoms with E-state index in [2.05, 4.69) is 36.4 Å². The van der Waals surface area contributed by atoms with Crippen molar-refractivity contribution in [1.82, 2.24) is 0 Å². The number of ether oxygens (including phenoxy) is 1. The summed E-state index contributed by atoms with van der Waals surface area (Å²) >= 11 is 0. The Kier molecular flexibility index (Phi) is 5.45. The van der Waals surface area contributed by atoms with Gasteiger partial charge in [-0.2, -0.15) is 0 Å². The fraction of sp³-hybridized carbons (Fsp3) is 0.294. The molecule has 2 rings (SSSR count). The third kappa shape index (κ3) is 4.76. The van der Waals surface area contributed by atoms with Gasteiger partial charge in [0, 0.05) is 6.42 Å². The molecule has 0 heterocycles. The molecule has 0 amide bonds. The summed E-state index contributed by atoms with van der Waals surface area (Å²) in [7, 11) is 0. The fourth-order valence-electron chi connectivity index (χ4n) is 2.04. The zero-order valence-corrected chi connectivity index (χ0v) is 11.2. The minimum Gasteiger partial charge on any atom is -0.493 e. The van der Waals surface area contributed by atoms with Crippen molar-refractivity contribution >= 4 is 0 Å². The van der Waals surface area contributed by atoms with Crippen molar-refractivity contribution in [2.75, 3.05) is 6.54 Å². The van der Waals surface area contributed by atoms with Crippen LogP contribution in [0, 0.1) is 0 Å². The molecule has 0 saturated heterocycles. The van der Waals surface area contributed by atoms with Crippen LogP contribution >= 0.6 is 0 Å². The van der Waals surface area contributed by atoms with Crippen LogP contribution in [0.15, 0.2) is 66.0 Å². The normalized spacial score (nSPS) is 19.6. The lowest BCUT2D eigenvalue weighted by Gasteiger charge is -2.11. The predicted molar refractivity (Wildman–Crippen MR) is 79.4 cm³/mol. The molecule has 1 aliphatic rings. The van der Waals surface area contributed by atoms with Gasteiger partial charge in [0.15, 0.2) is 0 Å². The van der Waals surface area contributed by atoms with Crippen LogP contribution in [0.1, 0.15) is 24.8 Å². The molecule has 0 radical (unpaired) electrons. The van der Waals surface area contributed by atoms with Crippen molar-refractivity contribution < 1.29 is 4.74 Å². The molecule has 0 unspecified atom stereocenters. The Morgan fingerprint density at radius 1 is 1.11 bits per heavy atom. The Bertz CT molecular complexity index is 471. The van der Waals surface area contributed by atoms with E-state index in [0.717, 1.165) is 25.0 Å². The number of benzene rings is 1. The van der Waals surface area contributed by atoms with E-state index in [4.69, 9.17) is 10.5 Å². The third-order valence-electron chi connectivity index (χ3n) is 3.08. The highest BCUT2D eigenvalue weighted by atomic mass is 16.5. The first-order valence-electron chi connectivity index (χ1n) is 6.80. The quantitative estimate of drug-likeness (QED) is 0.870. The van der Waals surface area contributed by atoms with Crippen LogP contribution in [-0.4, -0.2) is 6.54 Å². The Balaban J connectivity index is 1.89. The summed E-state index contributed by atoms with van der Waals surface area (Å²) in [6, 6.07) is 10.3. The van der Waals surface area contributed by atoms with Crippen LogP contribution in [0.25, 0.3) is 0 Å². The van der Waals surface area contributed by atoms with Crippen molar-refractivity contribution in [2.24, 2.45) is 5.73 Å². The molecule has 0 atom stereocenters. The Morgan fingerprint density at radius 3 is 2.74 bits per heavy atom. The Labute approximate surface area is 115 Å². The summed E-state index contributed by atoms with van der Waals surface area (Å²) in [6.07, 6.45) is 11.4. The lowest BCUT2D eigenvalue weighted by atomic mass is 10.1. The predicted octanol–water partition coefficient (Wildman–Crippen LogP) is 3.71. The first kappa shape index (κ1) is 13.6. The van der Waals surface area contributed by atoms with Gasteiger partial charge < -0.3 is 10.5 Å². The maximum absolute atomic E-state index is 5.86. The average molecular weight is 255 g/mol. The van der Waals surface area contributed by atoms with Crippen molar-refractivity contribution in [3.8, 4) is 0 Å². The van der Waals surface area contributed by atoms with Crippen LogP contribution in [0.4, 0.5) is 0 Å². The van der Waals surface area contributed by atoms with Gasteiger partial charge in [0.05, 0.1) is 5.76 Å². The van der Waals surface area contributed by atoms with Crippen molar-refractivity contribution in [1.29, 1.82) is 0 Å². The summed E-state index contributed by atoms with van der Waals surface area (Å²) in [4.78, 5) is 0. The minimum absolute atomic E-state index is 0.639. The average Bonchev–Trinajstić information content (AvgIpc) is 2.42. The molecule has 0 fully saturated rings. The summed E-state index contributed by atoms with van der Waals surface area (Å²) in [5.41, 5.74) is 8.10. The van der Waals surface area contributed by atoms with E-state index >= 15 is 0 Å². The maximum atomic E-state index is 5.86. The molecule has 1 aromatic rings. The molecule has 1 aliphatic carbocycles. The van der Waals surface area contributed by atoms with Gasteiger partial charge in [-0.05, 0) is 31.0 Å². The molecule has 19 heavy (non-hydrogen) atoms. The first-order valence-corrected chi connectivity index (χ1v) is 6.80. The van der Waals surface area contributed by atoms with Gasteiger partial charge in [-0.1, -0.05) is 54.1 Å². The van der Waals surface area contributed by atoms with Crippen molar-refractivity contribution in [3.63, 3.8) is 0 Å². The maximum Gasteiger partial charge on any atom is 0.113 e. The van der Waals surface area contributed by atoms with E-state index in [-0.39, 0.29) is 0 Å². The molecular formula is C17H21NO. The molecular weight excluding hydrogens is 234 g/mol. The minimum atomic E-state index is 0.639. The molecule has 2 nitrogen and oxygen atoms in total. The summed E-state index contributed by atoms with van der Waals surface area (Å²) in [5.74, 6) is 1.04. The molecule has 0 saturated carbocycles. The highest BCUT2D eigenvalue weighted by Gasteiger charge is 2.00. The van der Waals surface area contributed by atoms with Gasteiger partial charge in [-0.3, -0.25) is 0 Å². The van der Waals surface area contributed by atoms with E-state index in [9.17, 15) is 0 Å². The summed E-state index contributed by atoms with van der Waals surface area (Å²) < 4.78 is 5.86. The molecule has 0 bridgehead atoms. The highest BCUT2D eigenvalue weighted by molar-refractivity contribution is 5.24. The second-order valence-corrected chi connectivity index (χ2v) is 4.60. The number of allylic oxidation sites excluding steroid dienone is 4. The smallest absolute Gasteiger partial charge is 0.113 e. The lowest BCUT2D eigenvalue weighted by molar-refractivity contribution is 0.193. The summed E-state index contributed by atoms with van der Waals surface area (Å²) in [5, 5.41) is 0. The van der Waals surface area contributed by atoms with E-state index < -0.39 is 0 Å². The van der Waals surface area contributed by atoms with Gasteiger partial charge in [0.25, 0.3) is 0 Å². The van der Waals surface area contributed by atoms with Crippen LogP contribution in [-0.2, 0) is 11.3 Å². The second kappa shape index (κ2) is 7.59. The van der Waals surface area contributed by atoms with Gasteiger partial charge in [0.1, 0.15) is 6.61 Å². The zero-order chi connectivity index (χ0) is 13.3. The number of rotatable bonds is 5. The standard InChI is InChI=1S/C17H21NO/c18-13-12-15-8-4-10-17(11-5-9-15)19-14-16-6-2-1-3-7-16/h1-4,6-9,11H,5,10,12-14,18H2/b8-4-,15-9?,17-11+. The van der Waals surface area contributed by atoms with E-state index in [1.54, 1.807) is 0 Å². The fourth-order valence-corrected chi connectivity index (χ4v) is 2.04. The molecule has 100 valence electrons. The van der Waals surface area contributed by atoms with Crippen molar-refractivity contribution in [3.05, 3.63) is 71.5 Å². The Morgan fingerprint density at radius 2 is 1.95 bits per heavy atom. The van der Waals surface area contributed by atoms with E-state index in [1.165, 1.54) is 11.1 Å². The molecule has 0 aliphatic heterocycles. The molecule has 0 aromatic heterocycles. The number of hydrogen-bond acceptors (Lipinski definition) is 2. The third-order valence-corrected chi connectivity index (χ3v) is 3.08. The molecule has 0 spiro atoms. The van der Waals surface area contributed by atoms with E-state index in [0.29, 0.717) is 13.2 Å². The number of hydrogen-bond donors (Lipinski definition) is 1. The SMILES string of the molecule is NCCC1=CC/C=C(/OCc2ccccc2)C/C=C\1. The van der Waals surface area contributed by atoms with Gasteiger partial charge in [-0.15, -0.1) is 0 Å². The summed E-state index contributed by atoms with van der Waals surface area (Å²) in [6.45, 7) is 1.34. The topological polar surface area (TPSA) is 35.2 Å². The van der Waals surface area contributed by atoms with Gasteiger partial charge in [-0.25, -0.2) is 0 Å². The van der Waals surface area contributed by atoms with Crippen LogP contribution in [0.5, 0.6) is 0 Å². The Hall–Kier alpha value is -1.80. The first-order chi connectivity index (χ1) is 9.38. The van der Waals surface area contributed by atoms with Crippen LogP contribution < -0.4 is 5.73 Å². The van der Waals surface area contributed by atoms with Crippen LogP contribution in [0.3, 0.4) is 0 Å². The molecule has 2 N–H and O–H groups in total.